The summed E-state index contributed by atoms with van der Waals surface area (Å²) in [5.74, 6) is -0.650. The Morgan fingerprint density at radius 3 is 2.28 bits per heavy atom. The quantitative estimate of drug-likeness (QED) is 0.554. The SMILES string of the molecule is CCOc1ccc(NC(=O)COC(=O)c2c(Cl)ccc(Cl)c2Cl)cc1. The first-order valence-electron chi connectivity index (χ1n) is 7.25. The Hall–Kier alpha value is -1.95. The molecule has 0 aliphatic carbocycles. The molecule has 0 aliphatic heterocycles. The van der Waals surface area contributed by atoms with E-state index in [-0.39, 0.29) is 20.6 Å². The van der Waals surface area contributed by atoms with E-state index >= 15 is 0 Å². The number of halogens is 3. The summed E-state index contributed by atoms with van der Waals surface area (Å²) in [4.78, 5) is 23.9. The van der Waals surface area contributed by atoms with E-state index in [0.717, 1.165) is 0 Å². The maximum absolute atomic E-state index is 12.1. The van der Waals surface area contributed by atoms with Crippen molar-refractivity contribution in [3.05, 3.63) is 57.0 Å². The summed E-state index contributed by atoms with van der Waals surface area (Å²) in [6.45, 7) is 1.93. The highest BCUT2D eigenvalue weighted by Gasteiger charge is 2.19. The topological polar surface area (TPSA) is 64.6 Å². The van der Waals surface area contributed by atoms with Crippen molar-refractivity contribution >= 4 is 52.4 Å². The Kier molecular flexibility index (Phi) is 6.93. The zero-order valence-electron chi connectivity index (χ0n) is 13.1. The number of ether oxygens (including phenoxy) is 2. The highest BCUT2D eigenvalue weighted by molar-refractivity contribution is 6.46. The summed E-state index contributed by atoms with van der Waals surface area (Å²) in [6, 6.07) is 9.67. The summed E-state index contributed by atoms with van der Waals surface area (Å²) in [6.07, 6.45) is 0. The molecule has 0 saturated carbocycles. The minimum absolute atomic E-state index is 0.0221. The van der Waals surface area contributed by atoms with Crippen LogP contribution in [0.25, 0.3) is 0 Å². The summed E-state index contributed by atoms with van der Waals surface area (Å²) < 4.78 is 10.2. The van der Waals surface area contributed by atoms with Crippen LogP contribution in [0.4, 0.5) is 5.69 Å². The number of rotatable bonds is 6. The maximum Gasteiger partial charge on any atom is 0.341 e. The molecule has 8 heteroatoms. The van der Waals surface area contributed by atoms with Gasteiger partial charge in [0.2, 0.25) is 0 Å². The van der Waals surface area contributed by atoms with Crippen molar-refractivity contribution in [2.75, 3.05) is 18.5 Å². The first-order valence-corrected chi connectivity index (χ1v) is 8.39. The molecule has 0 atom stereocenters. The van der Waals surface area contributed by atoms with Crippen molar-refractivity contribution < 1.29 is 19.1 Å². The molecule has 1 N–H and O–H groups in total. The lowest BCUT2D eigenvalue weighted by atomic mass is 10.2. The number of carbonyl (C=O) groups is 2. The Bertz CT molecular complexity index is 778. The fraction of sp³-hybridized carbons (Fsp3) is 0.176. The molecule has 2 aromatic rings. The summed E-state index contributed by atoms with van der Waals surface area (Å²) in [7, 11) is 0. The van der Waals surface area contributed by atoms with Gasteiger partial charge in [-0.1, -0.05) is 34.8 Å². The molecule has 2 aromatic carbocycles. The lowest BCUT2D eigenvalue weighted by molar-refractivity contribution is -0.119. The van der Waals surface area contributed by atoms with Crippen molar-refractivity contribution in [3.8, 4) is 5.75 Å². The lowest BCUT2D eigenvalue weighted by Gasteiger charge is -2.10. The second-order valence-corrected chi connectivity index (χ2v) is 5.99. The van der Waals surface area contributed by atoms with Crippen molar-refractivity contribution in [3.63, 3.8) is 0 Å². The molecular formula is C17H14Cl3NO4. The largest absolute Gasteiger partial charge is 0.494 e. The number of esters is 1. The average Bonchev–Trinajstić information content (AvgIpc) is 2.59. The van der Waals surface area contributed by atoms with E-state index in [1.165, 1.54) is 12.1 Å². The molecule has 1 amide bonds. The van der Waals surface area contributed by atoms with Crippen LogP contribution in [-0.2, 0) is 9.53 Å². The van der Waals surface area contributed by atoms with Gasteiger partial charge in [0, 0.05) is 5.69 Å². The minimum atomic E-state index is -0.834. The minimum Gasteiger partial charge on any atom is -0.494 e. The van der Waals surface area contributed by atoms with Crippen molar-refractivity contribution in [1.82, 2.24) is 0 Å². The second kappa shape index (κ2) is 8.94. The fourth-order valence-electron chi connectivity index (χ4n) is 1.92. The molecule has 0 saturated heterocycles. The summed E-state index contributed by atoms with van der Waals surface area (Å²) in [5.41, 5.74) is 0.466. The van der Waals surface area contributed by atoms with Crippen LogP contribution >= 0.6 is 34.8 Å². The molecule has 132 valence electrons. The highest BCUT2D eigenvalue weighted by Crippen LogP contribution is 2.31. The molecule has 25 heavy (non-hydrogen) atoms. The van der Waals surface area contributed by atoms with E-state index in [4.69, 9.17) is 44.3 Å². The monoisotopic (exact) mass is 401 g/mol. The second-order valence-electron chi connectivity index (χ2n) is 4.80. The molecule has 5 nitrogen and oxygen atoms in total. The molecule has 0 spiro atoms. The fourth-order valence-corrected chi connectivity index (χ4v) is 2.60. The van der Waals surface area contributed by atoms with E-state index in [9.17, 15) is 9.59 Å². The molecule has 2 rings (SSSR count). The molecule has 0 heterocycles. The smallest absolute Gasteiger partial charge is 0.341 e. The standard InChI is InChI=1S/C17H14Cl3NO4/c1-2-24-11-5-3-10(4-6-11)21-14(22)9-25-17(23)15-12(18)7-8-13(19)16(15)20/h3-8H,2,9H2,1H3,(H,21,22). The average molecular weight is 403 g/mol. The van der Waals surface area contributed by atoms with E-state index in [1.54, 1.807) is 24.3 Å². The van der Waals surface area contributed by atoms with Crippen LogP contribution in [0.2, 0.25) is 15.1 Å². The molecular weight excluding hydrogens is 389 g/mol. The van der Waals surface area contributed by atoms with Gasteiger partial charge in [-0.3, -0.25) is 4.79 Å². The van der Waals surface area contributed by atoms with Gasteiger partial charge in [-0.25, -0.2) is 4.79 Å². The van der Waals surface area contributed by atoms with E-state index in [0.29, 0.717) is 18.0 Å². The predicted molar refractivity (Wildman–Crippen MR) is 98.0 cm³/mol. The normalized spacial score (nSPS) is 10.2. The number of nitrogens with one attached hydrogen (secondary N) is 1. The zero-order valence-corrected chi connectivity index (χ0v) is 15.4. The van der Waals surface area contributed by atoms with Crippen LogP contribution in [0.5, 0.6) is 5.75 Å². The van der Waals surface area contributed by atoms with Crippen LogP contribution in [0.15, 0.2) is 36.4 Å². The van der Waals surface area contributed by atoms with Gasteiger partial charge in [0.05, 0.1) is 27.2 Å². The van der Waals surface area contributed by atoms with Crippen LogP contribution in [0.1, 0.15) is 17.3 Å². The van der Waals surface area contributed by atoms with Crippen molar-refractivity contribution in [2.45, 2.75) is 6.92 Å². The predicted octanol–water partition coefficient (Wildman–Crippen LogP) is 4.84. The van der Waals surface area contributed by atoms with Gasteiger partial charge in [0.15, 0.2) is 6.61 Å². The molecule has 0 fully saturated rings. The van der Waals surface area contributed by atoms with E-state index < -0.39 is 18.5 Å². The molecule has 0 aromatic heterocycles. The molecule has 0 aliphatic rings. The first-order chi connectivity index (χ1) is 11.9. The van der Waals surface area contributed by atoms with Crippen molar-refractivity contribution in [1.29, 1.82) is 0 Å². The van der Waals surface area contributed by atoms with Gasteiger partial charge in [0.25, 0.3) is 5.91 Å². The third kappa shape index (κ3) is 5.26. The molecule has 0 bridgehead atoms. The first kappa shape index (κ1) is 19.4. The van der Waals surface area contributed by atoms with Gasteiger partial charge >= 0.3 is 5.97 Å². The Labute approximate surface area is 159 Å². The zero-order chi connectivity index (χ0) is 18.4. The summed E-state index contributed by atoms with van der Waals surface area (Å²) >= 11 is 17.7. The maximum atomic E-state index is 12.1. The Morgan fingerprint density at radius 1 is 1.00 bits per heavy atom. The Balaban J connectivity index is 1.93. The number of carbonyl (C=O) groups excluding carboxylic acids is 2. The number of anilines is 1. The van der Waals surface area contributed by atoms with Crippen LogP contribution in [0, 0.1) is 0 Å². The number of amides is 1. The lowest BCUT2D eigenvalue weighted by Crippen LogP contribution is -2.21. The van der Waals surface area contributed by atoms with E-state index in [2.05, 4.69) is 5.32 Å². The summed E-state index contributed by atoms with van der Waals surface area (Å²) in [5, 5.41) is 2.83. The van der Waals surface area contributed by atoms with Gasteiger partial charge in [-0.2, -0.15) is 0 Å². The van der Waals surface area contributed by atoms with Crippen LogP contribution < -0.4 is 10.1 Å². The number of benzene rings is 2. The van der Waals surface area contributed by atoms with E-state index in [1.807, 2.05) is 6.92 Å². The van der Waals surface area contributed by atoms with Crippen LogP contribution in [-0.4, -0.2) is 25.1 Å². The highest BCUT2D eigenvalue weighted by atomic mass is 35.5. The third-order valence-corrected chi connectivity index (χ3v) is 4.15. The van der Waals surface area contributed by atoms with Gasteiger partial charge in [-0.15, -0.1) is 0 Å². The Morgan fingerprint density at radius 2 is 1.64 bits per heavy atom. The van der Waals surface area contributed by atoms with Gasteiger partial charge < -0.3 is 14.8 Å². The molecule has 0 unspecified atom stereocenters. The van der Waals surface area contributed by atoms with Gasteiger partial charge in [-0.05, 0) is 43.3 Å². The van der Waals surface area contributed by atoms with Gasteiger partial charge in [0.1, 0.15) is 5.75 Å². The van der Waals surface area contributed by atoms with Crippen LogP contribution in [0.3, 0.4) is 0 Å². The third-order valence-electron chi connectivity index (χ3n) is 3.03. The van der Waals surface area contributed by atoms with Crippen molar-refractivity contribution in [2.24, 2.45) is 0 Å². The number of hydrogen-bond acceptors (Lipinski definition) is 4. The molecule has 0 radical (unpaired) electrons. The number of hydrogen-bond donors (Lipinski definition) is 1.